The van der Waals surface area contributed by atoms with E-state index in [1.807, 2.05) is 60.7 Å². The van der Waals surface area contributed by atoms with Gasteiger partial charge in [0, 0.05) is 13.8 Å². The highest BCUT2D eigenvalue weighted by Gasteiger charge is 2.52. The van der Waals surface area contributed by atoms with Gasteiger partial charge in [0.05, 0.1) is 13.2 Å². The maximum atomic E-state index is 12.4. The third-order valence-electron chi connectivity index (χ3n) is 5.37. The SMILES string of the molecule is CC(=O)OC[C@H]1O[C@H](OC(=O)C(Cl)(Cl)Cl)[C@@H](OC(C)=O)[C@@H](OCc2ccccc2)[C@@H]1OCc1ccccc1. The van der Waals surface area contributed by atoms with E-state index >= 15 is 0 Å². The van der Waals surface area contributed by atoms with Crippen molar-refractivity contribution in [3.63, 3.8) is 0 Å². The fourth-order valence-corrected chi connectivity index (χ4v) is 3.85. The van der Waals surface area contributed by atoms with Crippen molar-refractivity contribution in [2.45, 2.75) is 61.6 Å². The van der Waals surface area contributed by atoms with Crippen LogP contribution < -0.4 is 0 Å². The highest BCUT2D eigenvalue weighted by Crippen LogP contribution is 2.34. The molecule has 1 heterocycles. The smallest absolute Gasteiger partial charge is 0.360 e. The molecule has 0 spiro atoms. The van der Waals surface area contributed by atoms with Crippen LogP contribution in [0.4, 0.5) is 0 Å². The first kappa shape index (κ1) is 30.1. The number of esters is 3. The maximum absolute atomic E-state index is 12.4. The van der Waals surface area contributed by atoms with Gasteiger partial charge in [-0.1, -0.05) is 95.5 Å². The van der Waals surface area contributed by atoms with Gasteiger partial charge in [-0.05, 0) is 11.1 Å². The van der Waals surface area contributed by atoms with Crippen molar-refractivity contribution in [3.8, 4) is 0 Å². The van der Waals surface area contributed by atoms with Crippen molar-refractivity contribution in [2.24, 2.45) is 0 Å². The average molecular weight is 590 g/mol. The van der Waals surface area contributed by atoms with E-state index in [2.05, 4.69) is 0 Å². The van der Waals surface area contributed by atoms with Crippen molar-refractivity contribution in [1.29, 1.82) is 0 Å². The van der Waals surface area contributed by atoms with Crippen molar-refractivity contribution in [1.82, 2.24) is 0 Å². The minimum absolute atomic E-state index is 0.0832. The second-order valence-corrected chi connectivity index (χ2v) is 10.6. The molecule has 0 N–H and O–H groups in total. The van der Waals surface area contributed by atoms with E-state index in [-0.39, 0.29) is 19.8 Å². The molecule has 2 aromatic carbocycles. The van der Waals surface area contributed by atoms with E-state index < -0.39 is 52.4 Å². The second kappa shape index (κ2) is 14.1. The minimum atomic E-state index is -2.43. The van der Waals surface area contributed by atoms with Gasteiger partial charge in [-0.2, -0.15) is 0 Å². The van der Waals surface area contributed by atoms with Crippen LogP contribution in [0.3, 0.4) is 0 Å². The molecule has 1 aliphatic rings. The van der Waals surface area contributed by atoms with E-state index in [4.69, 9.17) is 63.2 Å². The maximum Gasteiger partial charge on any atom is 0.360 e. The summed E-state index contributed by atoms with van der Waals surface area (Å²) in [5.41, 5.74) is 1.66. The molecule has 0 bridgehead atoms. The summed E-state index contributed by atoms with van der Waals surface area (Å²) in [4.78, 5) is 36.1. The van der Waals surface area contributed by atoms with Crippen LogP contribution in [0.25, 0.3) is 0 Å². The van der Waals surface area contributed by atoms with E-state index in [1.54, 1.807) is 0 Å². The molecule has 12 heteroatoms. The quantitative estimate of drug-likeness (QED) is 0.228. The highest BCUT2D eigenvalue weighted by atomic mass is 35.6. The van der Waals surface area contributed by atoms with Crippen molar-refractivity contribution in [3.05, 3.63) is 71.8 Å². The molecular formula is C26H27Cl3O9. The fraction of sp³-hybridized carbons (Fsp3) is 0.423. The summed E-state index contributed by atoms with van der Waals surface area (Å²) >= 11 is 17.1. The molecule has 0 amide bonds. The number of ether oxygens (including phenoxy) is 6. The van der Waals surface area contributed by atoms with Gasteiger partial charge in [-0.15, -0.1) is 0 Å². The topological polar surface area (TPSA) is 107 Å². The molecule has 206 valence electrons. The van der Waals surface area contributed by atoms with Gasteiger partial charge in [-0.3, -0.25) is 9.59 Å². The number of rotatable bonds is 10. The Labute approximate surface area is 235 Å². The predicted molar refractivity (Wildman–Crippen MR) is 137 cm³/mol. The van der Waals surface area contributed by atoms with Gasteiger partial charge in [0.2, 0.25) is 6.29 Å². The molecule has 38 heavy (non-hydrogen) atoms. The zero-order chi connectivity index (χ0) is 27.7. The summed E-state index contributed by atoms with van der Waals surface area (Å²) in [5.74, 6) is -2.54. The third-order valence-corrected chi connectivity index (χ3v) is 5.83. The van der Waals surface area contributed by atoms with Crippen LogP contribution in [0, 0.1) is 0 Å². The van der Waals surface area contributed by atoms with Gasteiger partial charge < -0.3 is 28.4 Å². The lowest BCUT2D eigenvalue weighted by Gasteiger charge is -2.44. The zero-order valence-corrected chi connectivity index (χ0v) is 22.9. The molecule has 0 aliphatic carbocycles. The lowest BCUT2D eigenvalue weighted by atomic mass is 9.98. The van der Waals surface area contributed by atoms with Crippen molar-refractivity contribution < 1.29 is 42.8 Å². The Morgan fingerprint density at radius 1 is 0.763 bits per heavy atom. The molecule has 3 rings (SSSR count). The Morgan fingerprint density at radius 2 is 1.29 bits per heavy atom. The molecule has 1 aliphatic heterocycles. The lowest BCUT2D eigenvalue weighted by Crippen LogP contribution is -2.62. The van der Waals surface area contributed by atoms with Gasteiger partial charge >= 0.3 is 17.9 Å². The number of alkyl halides is 3. The monoisotopic (exact) mass is 588 g/mol. The van der Waals surface area contributed by atoms with Gasteiger partial charge in [0.15, 0.2) is 6.10 Å². The van der Waals surface area contributed by atoms with Gasteiger partial charge in [-0.25, -0.2) is 4.79 Å². The van der Waals surface area contributed by atoms with Crippen LogP contribution in [0.5, 0.6) is 0 Å². The standard InChI is InChI=1S/C26H27Cl3O9/c1-16(30)33-15-20-21(34-13-18-9-5-3-6-10-18)22(35-14-19-11-7-4-8-12-19)23(36-17(2)31)24(37-20)38-25(32)26(27,28)29/h3-12,20-24H,13-15H2,1-2H3/t20-,21-,22+,23+,24-/m1/s1. The Balaban J connectivity index is 1.96. The largest absolute Gasteiger partial charge is 0.463 e. The van der Waals surface area contributed by atoms with Crippen LogP contribution in [-0.4, -0.2) is 59.0 Å². The Morgan fingerprint density at radius 3 is 1.76 bits per heavy atom. The highest BCUT2D eigenvalue weighted by molar-refractivity contribution is 6.75. The zero-order valence-electron chi connectivity index (χ0n) is 20.6. The minimum Gasteiger partial charge on any atom is -0.463 e. The normalized spacial score (nSPS) is 23.3. The fourth-order valence-electron chi connectivity index (χ4n) is 3.72. The molecule has 0 radical (unpaired) electrons. The predicted octanol–water partition coefficient (Wildman–Crippen LogP) is 4.29. The van der Waals surface area contributed by atoms with E-state index in [0.717, 1.165) is 11.1 Å². The van der Waals surface area contributed by atoms with E-state index in [1.165, 1.54) is 13.8 Å². The number of benzene rings is 2. The van der Waals surface area contributed by atoms with Gasteiger partial charge in [0.1, 0.15) is 24.9 Å². The molecule has 0 aromatic heterocycles. The third kappa shape index (κ3) is 9.11. The number of halogens is 3. The molecule has 5 atom stereocenters. The Hall–Kier alpha value is -2.40. The number of hydrogen-bond donors (Lipinski definition) is 0. The summed E-state index contributed by atoms with van der Waals surface area (Å²) in [5, 5.41) is 0. The first-order valence-electron chi connectivity index (χ1n) is 11.6. The molecule has 1 saturated heterocycles. The first-order valence-corrected chi connectivity index (χ1v) is 12.7. The summed E-state index contributed by atoms with van der Waals surface area (Å²) < 4.78 is 31.9. The molecule has 1 fully saturated rings. The van der Waals surface area contributed by atoms with Crippen LogP contribution in [0.2, 0.25) is 0 Å². The summed E-state index contributed by atoms with van der Waals surface area (Å²) in [6.45, 7) is 2.33. The summed E-state index contributed by atoms with van der Waals surface area (Å²) in [7, 11) is 0. The second-order valence-electron chi connectivity index (χ2n) is 8.35. The Kier molecular flexibility index (Phi) is 11.2. The summed E-state index contributed by atoms with van der Waals surface area (Å²) in [6, 6.07) is 18.5. The van der Waals surface area contributed by atoms with Crippen LogP contribution in [0.15, 0.2) is 60.7 Å². The van der Waals surface area contributed by atoms with E-state index in [0.29, 0.717) is 0 Å². The average Bonchev–Trinajstić information content (AvgIpc) is 2.87. The number of carbonyl (C=O) groups is 3. The van der Waals surface area contributed by atoms with Crippen molar-refractivity contribution in [2.75, 3.05) is 6.61 Å². The molecule has 2 aromatic rings. The number of carbonyl (C=O) groups excluding carboxylic acids is 3. The van der Waals surface area contributed by atoms with E-state index in [9.17, 15) is 14.4 Å². The van der Waals surface area contributed by atoms with Crippen LogP contribution in [0.1, 0.15) is 25.0 Å². The van der Waals surface area contributed by atoms with Crippen LogP contribution >= 0.6 is 34.8 Å². The Bertz CT molecular complexity index is 1060. The van der Waals surface area contributed by atoms with Crippen LogP contribution in [-0.2, 0) is 56.0 Å². The lowest BCUT2D eigenvalue weighted by molar-refractivity contribution is -0.311. The van der Waals surface area contributed by atoms with Gasteiger partial charge in [0.25, 0.3) is 3.79 Å². The molecule has 0 saturated carbocycles. The van der Waals surface area contributed by atoms with Crippen molar-refractivity contribution >= 4 is 52.7 Å². The molecular weight excluding hydrogens is 563 g/mol. The molecule has 9 nitrogen and oxygen atoms in total. The first-order chi connectivity index (χ1) is 18.0. The molecule has 0 unspecified atom stereocenters. The summed E-state index contributed by atoms with van der Waals surface area (Å²) in [6.07, 6.45) is -5.89. The number of hydrogen-bond acceptors (Lipinski definition) is 9.